The van der Waals surface area contributed by atoms with E-state index in [1.165, 1.54) is 12.1 Å². The maximum absolute atomic E-state index is 12.9. The van der Waals surface area contributed by atoms with Gasteiger partial charge in [0.1, 0.15) is 12.4 Å². The summed E-state index contributed by atoms with van der Waals surface area (Å²) in [7, 11) is 0. The smallest absolute Gasteiger partial charge is 0.325 e. The molecule has 1 aromatic rings. The lowest BCUT2D eigenvalue weighted by Gasteiger charge is -2.15. The molecule has 0 spiro atoms. The van der Waals surface area contributed by atoms with Crippen molar-refractivity contribution in [1.82, 2.24) is 5.32 Å². The number of amides is 1. The van der Waals surface area contributed by atoms with Crippen LogP contribution in [0.5, 0.6) is 0 Å². The molecule has 0 radical (unpaired) electrons. The summed E-state index contributed by atoms with van der Waals surface area (Å²) in [5.41, 5.74) is 0.190. The van der Waals surface area contributed by atoms with E-state index in [4.69, 9.17) is 4.74 Å². The van der Waals surface area contributed by atoms with Crippen molar-refractivity contribution in [2.24, 2.45) is 0 Å². The van der Waals surface area contributed by atoms with Crippen molar-refractivity contribution < 1.29 is 18.7 Å². The Kier molecular flexibility index (Phi) is 3.83. The van der Waals surface area contributed by atoms with Gasteiger partial charge in [0.2, 0.25) is 5.91 Å². The molecule has 1 aliphatic rings. The highest BCUT2D eigenvalue weighted by Gasteiger charge is 2.51. The van der Waals surface area contributed by atoms with Crippen LogP contribution in [-0.2, 0) is 19.7 Å². The number of ether oxygens (including phenoxy) is 1. The minimum Gasteiger partial charge on any atom is -0.465 e. The highest BCUT2D eigenvalue weighted by Crippen LogP contribution is 2.48. The van der Waals surface area contributed by atoms with Gasteiger partial charge in [-0.15, -0.1) is 0 Å². The largest absolute Gasteiger partial charge is 0.465 e. The first-order valence-corrected chi connectivity index (χ1v) is 6.28. The Morgan fingerprint density at radius 1 is 1.32 bits per heavy atom. The molecule has 1 aromatic carbocycles. The quantitative estimate of drug-likeness (QED) is 0.822. The van der Waals surface area contributed by atoms with Gasteiger partial charge in [-0.2, -0.15) is 0 Å². The molecular weight excluding hydrogens is 249 g/mol. The molecular formula is C14H16FNO3. The number of benzene rings is 1. The average molecular weight is 265 g/mol. The third-order valence-corrected chi connectivity index (χ3v) is 3.28. The zero-order valence-corrected chi connectivity index (χ0v) is 10.7. The number of carbonyl (C=O) groups is 2. The molecule has 19 heavy (non-hydrogen) atoms. The number of hydrogen-bond donors (Lipinski definition) is 1. The number of esters is 1. The lowest BCUT2D eigenvalue weighted by Crippen LogP contribution is -2.38. The summed E-state index contributed by atoms with van der Waals surface area (Å²) < 4.78 is 17.6. The molecule has 2 rings (SSSR count). The second-order valence-corrected chi connectivity index (χ2v) is 4.58. The molecule has 1 amide bonds. The van der Waals surface area contributed by atoms with Crippen molar-refractivity contribution >= 4 is 11.9 Å². The third kappa shape index (κ3) is 2.92. The molecule has 1 N–H and O–H groups in total. The van der Waals surface area contributed by atoms with Crippen LogP contribution in [0.4, 0.5) is 4.39 Å². The van der Waals surface area contributed by atoms with Crippen molar-refractivity contribution in [2.75, 3.05) is 13.2 Å². The van der Waals surface area contributed by atoms with E-state index in [1.54, 1.807) is 19.1 Å². The van der Waals surface area contributed by atoms with Gasteiger partial charge in [0.15, 0.2) is 0 Å². The van der Waals surface area contributed by atoms with Crippen LogP contribution >= 0.6 is 0 Å². The molecule has 1 fully saturated rings. The molecule has 0 unspecified atom stereocenters. The SMILES string of the molecule is CCOC(=O)CNC(=O)C1(c2ccc(F)cc2)CC1. The van der Waals surface area contributed by atoms with E-state index in [2.05, 4.69) is 5.32 Å². The molecule has 0 atom stereocenters. The van der Waals surface area contributed by atoms with E-state index in [0.29, 0.717) is 12.8 Å². The standard InChI is InChI=1S/C14H16FNO3/c1-2-19-12(17)9-16-13(18)14(7-8-14)10-3-5-11(15)6-4-10/h3-6H,2,7-9H2,1H3,(H,16,18). The van der Waals surface area contributed by atoms with Crippen molar-refractivity contribution in [3.05, 3.63) is 35.6 Å². The van der Waals surface area contributed by atoms with E-state index >= 15 is 0 Å². The fourth-order valence-corrected chi connectivity index (χ4v) is 2.07. The van der Waals surface area contributed by atoms with Crippen molar-refractivity contribution in [3.63, 3.8) is 0 Å². The number of hydrogen-bond acceptors (Lipinski definition) is 3. The Morgan fingerprint density at radius 3 is 2.47 bits per heavy atom. The molecule has 102 valence electrons. The summed E-state index contributed by atoms with van der Waals surface area (Å²) >= 11 is 0. The van der Waals surface area contributed by atoms with Gasteiger partial charge < -0.3 is 10.1 Å². The van der Waals surface area contributed by atoms with Crippen LogP contribution in [-0.4, -0.2) is 25.0 Å². The van der Waals surface area contributed by atoms with Gasteiger partial charge in [-0.3, -0.25) is 9.59 Å². The average Bonchev–Trinajstić information content (AvgIpc) is 3.19. The summed E-state index contributed by atoms with van der Waals surface area (Å²) in [6, 6.07) is 5.92. The molecule has 0 aromatic heterocycles. The Hall–Kier alpha value is -1.91. The zero-order valence-electron chi connectivity index (χ0n) is 10.7. The van der Waals surface area contributed by atoms with Crippen LogP contribution in [0.15, 0.2) is 24.3 Å². The summed E-state index contributed by atoms with van der Waals surface area (Å²) in [6.07, 6.45) is 1.43. The molecule has 4 nitrogen and oxygen atoms in total. The monoisotopic (exact) mass is 265 g/mol. The number of nitrogens with one attached hydrogen (secondary N) is 1. The van der Waals surface area contributed by atoms with Gasteiger partial charge in [0.25, 0.3) is 0 Å². The number of carbonyl (C=O) groups excluding carboxylic acids is 2. The first-order chi connectivity index (χ1) is 9.08. The molecule has 1 saturated carbocycles. The lowest BCUT2D eigenvalue weighted by molar-refractivity contribution is -0.143. The van der Waals surface area contributed by atoms with Crippen LogP contribution in [0.2, 0.25) is 0 Å². The topological polar surface area (TPSA) is 55.4 Å². The van der Waals surface area contributed by atoms with Gasteiger partial charge in [-0.05, 0) is 37.5 Å². The Balaban J connectivity index is 1.98. The third-order valence-electron chi connectivity index (χ3n) is 3.28. The normalized spacial score (nSPS) is 15.7. The molecule has 0 bridgehead atoms. The van der Waals surface area contributed by atoms with Gasteiger partial charge in [-0.1, -0.05) is 12.1 Å². The Bertz CT molecular complexity index is 480. The van der Waals surface area contributed by atoms with Gasteiger partial charge in [0, 0.05) is 0 Å². The Labute approximate surface area is 110 Å². The van der Waals surface area contributed by atoms with Gasteiger partial charge in [-0.25, -0.2) is 4.39 Å². The fraction of sp³-hybridized carbons (Fsp3) is 0.429. The van der Waals surface area contributed by atoms with E-state index in [1.807, 2.05) is 0 Å². The van der Waals surface area contributed by atoms with Crippen LogP contribution < -0.4 is 5.32 Å². The highest BCUT2D eigenvalue weighted by molar-refractivity contribution is 5.93. The zero-order chi connectivity index (χ0) is 13.9. The van der Waals surface area contributed by atoms with Gasteiger partial charge >= 0.3 is 5.97 Å². The van der Waals surface area contributed by atoms with Crippen LogP contribution in [0.3, 0.4) is 0 Å². The maximum atomic E-state index is 12.9. The first kappa shape index (κ1) is 13.5. The van der Waals surface area contributed by atoms with Crippen LogP contribution in [0.25, 0.3) is 0 Å². The van der Waals surface area contributed by atoms with E-state index < -0.39 is 11.4 Å². The van der Waals surface area contributed by atoms with Crippen molar-refractivity contribution in [3.8, 4) is 0 Å². The minimum atomic E-state index is -0.597. The molecule has 5 heteroatoms. The summed E-state index contributed by atoms with van der Waals surface area (Å²) in [5.74, 6) is -0.982. The lowest BCUT2D eigenvalue weighted by atomic mass is 9.95. The molecule has 0 heterocycles. The maximum Gasteiger partial charge on any atom is 0.325 e. The summed E-state index contributed by atoms with van der Waals surface area (Å²) in [5, 5.41) is 2.58. The second-order valence-electron chi connectivity index (χ2n) is 4.58. The van der Waals surface area contributed by atoms with E-state index in [0.717, 1.165) is 5.56 Å². The van der Waals surface area contributed by atoms with Gasteiger partial charge in [0.05, 0.1) is 12.0 Å². The highest BCUT2D eigenvalue weighted by atomic mass is 19.1. The summed E-state index contributed by atoms with van der Waals surface area (Å²) in [4.78, 5) is 23.3. The fourth-order valence-electron chi connectivity index (χ4n) is 2.07. The van der Waals surface area contributed by atoms with Crippen LogP contribution in [0, 0.1) is 5.82 Å². The van der Waals surface area contributed by atoms with E-state index in [9.17, 15) is 14.0 Å². The molecule has 0 aliphatic heterocycles. The van der Waals surface area contributed by atoms with E-state index in [-0.39, 0.29) is 24.9 Å². The van der Waals surface area contributed by atoms with Crippen LogP contribution in [0.1, 0.15) is 25.3 Å². The molecule has 1 aliphatic carbocycles. The minimum absolute atomic E-state index is 0.129. The Morgan fingerprint density at radius 2 is 1.95 bits per heavy atom. The predicted molar refractivity (Wildman–Crippen MR) is 67.0 cm³/mol. The second kappa shape index (κ2) is 5.38. The summed E-state index contributed by atoms with van der Waals surface area (Å²) in [6.45, 7) is 1.87. The number of halogens is 1. The first-order valence-electron chi connectivity index (χ1n) is 6.28. The predicted octanol–water partition coefficient (Wildman–Crippen LogP) is 1.54. The van der Waals surface area contributed by atoms with Crippen molar-refractivity contribution in [2.45, 2.75) is 25.2 Å². The van der Waals surface area contributed by atoms with Crippen molar-refractivity contribution in [1.29, 1.82) is 0 Å². The number of rotatable bonds is 5. The molecule has 0 saturated heterocycles.